The first kappa shape index (κ1) is 22.1. The third-order valence-electron chi connectivity index (χ3n) is 6.18. The third kappa shape index (κ3) is 4.07. The SMILES string of the molecule is CCCCON1CN2C(=N1)c1[nH]cnc1NC2c1ccc(S(=O)(=O)N2CCNCC2C)cc1. The zero-order chi connectivity index (χ0) is 23.0. The number of nitrogens with one attached hydrogen (secondary N) is 3. The number of fused-ring (bicyclic) bond motifs is 3. The highest BCUT2D eigenvalue weighted by atomic mass is 32.2. The van der Waals surface area contributed by atoms with Crippen molar-refractivity contribution in [3.63, 3.8) is 0 Å². The van der Waals surface area contributed by atoms with Gasteiger partial charge < -0.3 is 20.5 Å². The fraction of sp³-hybridized carbons (Fsp3) is 0.524. The van der Waals surface area contributed by atoms with Crippen LogP contribution in [0.5, 0.6) is 0 Å². The quantitative estimate of drug-likeness (QED) is 0.517. The van der Waals surface area contributed by atoms with Crippen molar-refractivity contribution in [2.24, 2.45) is 5.10 Å². The molecule has 1 saturated heterocycles. The number of hydrogen-bond acceptors (Lipinski definition) is 9. The minimum Gasteiger partial charge on any atom is -0.344 e. The highest BCUT2D eigenvalue weighted by Gasteiger charge is 2.39. The zero-order valence-electron chi connectivity index (χ0n) is 18.9. The van der Waals surface area contributed by atoms with Gasteiger partial charge in [-0.1, -0.05) is 25.5 Å². The van der Waals surface area contributed by atoms with Gasteiger partial charge in [0, 0.05) is 25.7 Å². The minimum atomic E-state index is -3.55. The van der Waals surface area contributed by atoms with Gasteiger partial charge in [0.2, 0.25) is 10.0 Å². The summed E-state index contributed by atoms with van der Waals surface area (Å²) in [6, 6.07) is 7.00. The van der Waals surface area contributed by atoms with Gasteiger partial charge in [0.05, 0.1) is 17.8 Å². The van der Waals surface area contributed by atoms with E-state index < -0.39 is 10.0 Å². The van der Waals surface area contributed by atoms with E-state index in [9.17, 15) is 8.42 Å². The first-order valence-electron chi connectivity index (χ1n) is 11.4. The van der Waals surface area contributed by atoms with Crippen LogP contribution in [0.15, 0.2) is 40.6 Å². The Morgan fingerprint density at radius 2 is 2.06 bits per heavy atom. The number of piperazine rings is 1. The van der Waals surface area contributed by atoms with Crippen molar-refractivity contribution < 1.29 is 13.3 Å². The van der Waals surface area contributed by atoms with Crippen LogP contribution in [0.3, 0.4) is 0 Å². The standard InChI is InChI=1S/C21H30N8O3S/c1-3-4-11-32-29-14-27-20(25-19-18(21(27)26-29)23-13-24-19)16-5-7-17(8-6-16)33(30,31)28-10-9-22-12-15(28)2/h5-8,13,15,20,22,25H,3-4,9-12,14H2,1-2H3,(H,23,24). The van der Waals surface area contributed by atoms with Gasteiger partial charge >= 0.3 is 0 Å². The van der Waals surface area contributed by atoms with Gasteiger partial charge in [-0.3, -0.25) is 4.84 Å². The van der Waals surface area contributed by atoms with Gasteiger partial charge in [-0.2, -0.15) is 9.48 Å². The van der Waals surface area contributed by atoms with Gasteiger partial charge in [-0.15, -0.1) is 5.10 Å². The molecule has 2 aromatic rings. The Labute approximate surface area is 193 Å². The van der Waals surface area contributed by atoms with Gasteiger partial charge in [0.15, 0.2) is 11.7 Å². The number of hydrogen-bond donors (Lipinski definition) is 3. The lowest BCUT2D eigenvalue weighted by Gasteiger charge is -2.35. The molecule has 178 valence electrons. The molecule has 4 heterocycles. The van der Waals surface area contributed by atoms with Crippen molar-refractivity contribution in [2.45, 2.75) is 43.8 Å². The summed E-state index contributed by atoms with van der Waals surface area (Å²) in [5, 5.41) is 12.9. The lowest BCUT2D eigenvalue weighted by atomic mass is 10.1. The van der Waals surface area contributed by atoms with Crippen LogP contribution in [0, 0.1) is 0 Å². The van der Waals surface area contributed by atoms with Crippen LogP contribution in [0.4, 0.5) is 5.82 Å². The largest absolute Gasteiger partial charge is 0.344 e. The molecule has 11 nitrogen and oxygen atoms in total. The fourth-order valence-corrected chi connectivity index (χ4v) is 5.99. The van der Waals surface area contributed by atoms with Crippen LogP contribution in [-0.4, -0.2) is 77.6 Å². The number of sulfonamides is 1. The molecule has 12 heteroatoms. The van der Waals surface area contributed by atoms with Crippen LogP contribution in [-0.2, 0) is 14.9 Å². The monoisotopic (exact) mass is 474 g/mol. The van der Waals surface area contributed by atoms with Gasteiger partial charge in [-0.25, -0.2) is 13.4 Å². The van der Waals surface area contributed by atoms with Crippen molar-refractivity contribution in [3.05, 3.63) is 41.9 Å². The number of hydrazone groups is 1. The van der Waals surface area contributed by atoms with Crippen molar-refractivity contribution in [1.29, 1.82) is 0 Å². The number of imidazole rings is 1. The number of H-pyrrole nitrogens is 1. The molecule has 3 aliphatic heterocycles. The zero-order valence-corrected chi connectivity index (χ0v) is 19.7. The van der Waals surface area contributed by atoms with Crippen LogP contribution in [0.2, 0.25) is 0 Å². The van der Waals surface area contributed by atoms with Crippen molar-refractivity contribution in [1.82, 2.24) is 29.7 Å². The molecule has 0 saturated carbocycles. The minimum absolute atomic E-state index is 0.0800. The summed E-state index contributed by atoms with van der Waals surface area (Å²) < 4.78 is 27.9. The van der Waals surface area contributed by atoms with Gasteiger partial charge in [0.1, 0.15) is 18.5 Å². The number of unbranched alkanes of at least 4 members (excludes halogenated alkanes) is 1. The maximum absolute atomic E-state index is 13.2. The summed E-state index contributed by atoms with van der Waals surface area (Å²) >= 11 is 0. The summed E-state index contributed by atoms with van der Waals surface area (Å²) in [5.74, 6) is 1.45. The molecule has 3 N–H and O–H groups in total. The topological polar surface area (TPSA) is 118 Å². The smallest absolute Gasteiger partial charge is 0.243 e. The number of anilines is 1. The van der Waals surface area contributed by atoms with Crippen molar-refractivity contribution in [2.75, 3.05) is 38.2 Å². The van der Waals surface area contributed by atoms with E-state index in [-0.39, 0.29) is 12.2 Å². The molecule has 33 heavy (non-hydrogen) atoms. The molecule has 3 aliphatic rings. The van der Waals surface area contributed by atoms with Crippen LogP contribution in [0.1, 0.15) is 44.1 Å². The lowest BCUT2D eigenvalue weighted by molar-refractivity contribution is -0.166. The Morgan fingerprint density at radius 3 is 2.82 bits per heavy atom. The maximum atomic E-state index is 13.2. The molecule has 0 amide bonds. The van der Waals surface area contributed by atoms with E-state index in [2.05, 4.69) is 37.5 Å². The molecule has 1 aromatic carbocycles. The van der Waals surface area contributed by atoms with Crippen molar-refractivity contribution >= 4 is 21.7 Å². The Morgan fingerprint density at radius 1 is 1.24 bits per heavy atom. The second kappa shape index (κ2) is 8.93. The van der Waals surface area contributed by atoms with E-state index in [1.807, 2.05) is 19.1 Å². The molecule has 1 fully saturated rings. The van der Waals surface area contributed by atoms with Crippen LogP contribution < -0.4 is 10.6 Å². The van der Waals surface area contributed by atoms with Gasteiger partial charge in [0.25, 0.3) is 0 Å². The van der Waals surface area contributed by atoms with E-state index in [0.29, 0.717) is 43.6 Å². The molecule has 0 spiro atoms. The molecule has 2 atom stereocenters. The number of aromatic amines is 1. The Hall–Kier alpha value is -2.67. The third-order valence-corrected chi connectivity index (χ3v) is 8.21. The Kier molecular flexibility index (Phi) is 5.99. The predicted molar refractivity (Wildman–Crippen MR) is 124 cm³/mol. The number of rotatable bonds is 7. The van der Waals surface area contributed by atoms with E-state index >= 15 is 0 Å². The van der Waals surface area contributed by atoms with Crippen LogP contribution in [0.25, 0.3) is 0 Å². The average Bonchev–Trinajstić information content (AvgIpc) is 3.45. The molecule has 2 unspecified atom stereocenters. The normalized spacial score (nSPS) is 23.2. The van der Waals surface area contributed by atoms with E-state index in [1.165, 1.54) is 0 Å². The van der Waals surface area contributed by atoms with Crippen molar-refractivity contribution in [3.8, 4) is 0 Å². The van der Waals surface area contributed by atoms with Gasteiger partial charge in [-0.05, 0) is 31.0 Å². The second-order valence-corrected chi connectivity index (χ2v) is 10.4. The second-order valence-electron chi connectivity index (χ2n) is 8.48. The summed E-state index contributed by atoms with van der Waals surface area (Å²) in [6.45, 7) is 6.88. The highest BCUT2D eigenvalue weighted by Crippen LogP contribution is 2.35. The number of amidine groups is 1. The van der Waals surface area contributed by atoms with E-state index in [0.717, 1.165) is 29.9 Å². The number of aromatic nitrogens is 2. The first-order chi connectivity index (χ1) is 16.0. The highest BCUT2D eigenvalue weighted by molar-refractivity contribution is 7.89. The molecule has 5 rings (SSSR count). The molecule has 1 aromatic heterocycles. The lowest BCUT2D eigenvalue weighted by Crippen LogP contribution is -2.52. The molecule has 0 radical (unpaired) electrons. The summed E-state index contributed by atoms with van der Waals surface area (Å²) in [4.78, 5) is 15.7. The number of nitrogens with zero attached hydrogens (tertiary/aromatic N) is 5. The predicted octanol–water partition coefficient (Wildman–Crippen LogP) is 1.48. The Balaban J connectivity index is 1.39. The van der Waals surface area contributed by atoms with E-state index in [4.69, 9.17) is 4.84 Å². The summed E-state index contributed by atoms with van der Waals surface area (Å²) in [5.41, 5.74) is 1.72. The Bertz CT molecular complexity index is 1120. The first-order valence-corrected chi connectivity index (χ1v) is 12.8. The molecule has 0 aliphatic carbocycles. The fourth-order valence-electron chi connectivity index (χ4n) is 4.36. The summed E-state index contributed by atoms with van der Waals surface area (Å²) in [6.07, 6.45) is 3.38. The van der Waals surface area contributed by atoms with Crippen LogP contribution >= 0.6 is 0 Å². The maximum Gasteiger partial charge on any atom is 0.243 e. The molecular formula is C21H30N8O3S. The molecular weight excluding hydrogens is 444 g/mol. The van der Waals surface area contributed by atoms with E-state index in [1.54, 1.807) is 27.9 Å². The molecule has 0 bridgehead atoms. The average molecular weight is 475 g/mol. The number of benzene rings is 1. The summed E-state index contributed by atoms with van der Waals surface area (Å²) in [7, 11) is -3.55. The number of hydroxylamine groups is 1.